The van der Waals surface area contributed by atoms with Crippen LogP contribution in [0.5, 0.6) is 0 Å². The molecule has 2 aromatic rings. The Balaban J connectivity index is 1.57. The molecule has 1 aromatic carbocycles. The molecule has 0 fully saturated rings. The maximum atomic E-state index is 12.9. The fourth-order valence-electron chi connectivity index (χ4n) is 2.20. The summed E-state index contributed by atoms with van der Waals surface area (Å²) < 4.78 is 49.9. The van der Waals surface area contributed by atoms with Gasteiger partial charge in [0.25, 0.3) is 6.43 Å². The van der Waals surface area contributed by atoms with Crippen LogP contribution in [0.25, 0.3) is 5.69 Å². The molecule has 1 aliphatic heterocycles. The van der Waals surface area contributed by atoms with E-state index in [0.29, 0.717) is 17.1 Å². The Morgan fingerprint density at radius 1 is 1.33 bits per heavy atom. The lowest BCUT2D eigenvalue weighted by Gasteiger charge is -2.17. The minimum atomic E-state index is -2.69. The second-order valence-electron chi connectivity index (χ2n) is 5.35. The van der Waals surface area contributed by atoms with E-state index < -0.39 is 19.5 Å². The van der Waals surface area contributed by atoms with Gasteiger partial charge < -0.3 is 14.8 Å². The highest BCUT2D eigenvalue weighted by Gasteiger charge is 2.15. The van der Waals surface area contributed by atoms with Gasteiger partial charge in [0.15, 0.2) is 5.76 Å². The Labute approximate surface area is 157 Å². The van der Waals surface area contributed by atoms with Crippen molar-refractivity contribution in [1.29, 1.82) is 0 Å². The molecule has 144 valence electrons. The van der Waals surface area contributed by atoms with Crippen molar-refractivity contribution in [3.05, 3.63) is 52.6 Å². The van der Waals surface area contributed by atoms with E-state index in [2.05, 4.69) is 20.6 Å². The Morgan fingerprint density at radius 3 is 2.89 bits per heavy atom. The van der Waals surface area contributed by atoms with E-state index in [0.717, 1.165) is 0 Å². The van der Waals surface area contributed by atoms with Crippen molar-refractivity contribution in [2.45, 2.75) is 19.4 Å². The molecule has 7 nitrogen and oxygen atoms in total. The number of hydrogen-bond donors (Lipinski definition) is 1. The summed E-state index contributed by atoms with van der Waals surface area (Å²) in [6.45, 7) is -0.557. The van der Waals surface area contributed by atoms with Crippen LogP contribution in [0.15, 0.2) is 41.3 Å². The topological polar surface area (TPSA) is 73.6 Å². The number of aromatic nitrogens is 3. The van der Waals surface area contributed by atoms with E-state index in [1.807, 2.05) is 0 Å². The van der Waals surface area contributed by atoms with Gasteiger partial charge in [-0.15, -0.1) is 5.10 Å². The number of hydrogen-bond acceptors (Lipinski definition) is 6. The zero-order valence-electron chi connectivity index (χ0n) is 13.9. The van der Waals surface area contributed by atoms with Crippen molar-refractivity contribution in [2.75, 3.05) is 13.3 Å². The Morgan fingerprint density at radius 2 is 2.19 bits per heavy atom. The van der Waals surface area contributed by atoms with Crippen molar-refractivity contribution in [3.8, 4) is 5.69 Å². The summed E-state index contributed by atoms with van der Waals surface area (Å²) in [4.78, 5) is 4.06. The molecule has 27 heavy (non-hydrogen) atoms. The van der Waals surface area contributed by atoms with Crippen molar-refractivity contribution in [2.24, 2.45) is 4.99 Å². The highest BCUT2D eigenvalue weighted by atomic mass is 35.5. The van der Waals surface area contributed by atoms with Gasteiger partial charge in [-0.3, -0.25) is 0 Å². The summed E-state index contributed by atoms with van der Waals surface area (Å²) in [5.74, 6) is 0.399. The van der Waals surface area contributed by atoms with Crippen LogP contribution >= 0.6 is 11.6 Å². The van der Waals surface area contributed by atoms with Crippen LogP contribution in [0.3, 0.4) is 0 Å². The minimum absolute atomic E-state index is 0.0124. The zero-order chi connectivity index (χ0) is 19.2. The number of ether oxygens (including phenoxy) is 2. The number of benzene rings is 1. The van der Waals surface area contributed by atoms with Crippen LogP contribution in [0.4, 0.5) is 13.2 Å². The van der Waals surface area contributed by atoms with Crippen molar-refractivity contribution >= 4 is 17.8 Å². The molecule has 0 saturated heterocycles. The first-order valence-electron chi connectivity index (χ1n) is 7.86. The number of halogens is 4. The summed E-state index contributed by atoms with van der Waals surface area (Å²) in [6, 6.07) is 4.19. The largest absolute Gasteiger partial charge is 0.488 e. The monoisotopic (exact) mass is 401 g/mol. The Bertz CT molecular complexity index is 843. The molecular weight excluding hydrogens is 387 g/mol. The van der Waals surface area contributed by atoms with Gasteiger partial charge in [-0.1, -0.05) is 16.8 Å². The second kappa shape index (κ2) is 8.87. The summed E-state index contributed by atoms with van der Waals surface area (Å²) in [7, 11) is 0. The predicted molar refractivity (Wildman–Crippen MR) is 91.5 cm³/mol. The summed E-state index contributed by atoms with van der Waals surface area (Å²) >= 11 is 5.76. The first-order valence-corrected chi connectivity index (χ1v) is 8.23. The van der Waals surface area contributed by atoms with Crippen molar-refractivity contribution < 1.29 is 22.6 Å². The molecule has 2 heterocycles. The quantitative estimate of drug-likeness (QED) is 0.735. The fraction of sp³-hybridized carbons (Fsp3) is 0.312. The smallest absolute Gasteiger partial charge is 0.265 e. The van der Waals surface area contributed by atoms with Gasteiger partial charge in [0, 0.05) is 16.8 Å². The van der Waals surface area contributed by atoms with E-state index in [9.17, 15) is 13.2 Å². The fourth-order valence-corrected chi connectivity index (χ4v) is 2.40. The summed E-state index contributed by atoms with van der Waals surface area (Å²) in [5, 5.41) is 10.7. The van der Waals surface area contributed by atoms with Crippen molar-refractivity contribution in [3.63, 3.8) is 0 Å². The van der Waals surface area contributed by atoms with Gasteiger partial charge in [-0.2, -0.15) is 0 Å². The third kappa shape index (κ3) is 4.98. The predicted octanol–water partition coefficient (Wildman–Crippen LogP) is 3.16. The molecular formula is C16H15ClF3N5O2. The van der Waals surface area contributed by atoms with Crippen LogP contribution in [-0.4, -0.2) is 40.8 Å². The first-order chi connectivity index (χ1) is 13.1. The number of alkyl halides is 3. The lowest BCUT2D eigenvalue weighted by Crippen LogP contribution is -2.29. The van der Waals surface area contributed by atoms with Gasteiger partial charge >= 0.3 is 0 Å². The van der Waals surface area contributed by atoms with Crippen LogP contribution in [0.1, 0.15) is 17.7 Å². The van der Waals surface area contributed by atoms with Gasteiger partial charge in [-0.05, 0) is 18.2 Å². The second-order valence-corrected chi connectivity index (χ2v) is 5.76. The van der Waals surface area contributed by atoms with Gasteiger partial charge in [0.2, 0.25) is 6.35 Å². The number of aliphatic imine (C=N–C) groups is 1. The molecule has 3 rings (SSSR count). The third-order valence-corrected chi connectivity index (χ3v) is 3.80. The molecule has 1 unspecified atom stereocenters. The summed E-state index contributed by atoms with van der Waals surface area (Å²) in [5.41, 5.74) is 0.602. The van der Waals surface area contributed by atoms with Crippen LogP contribution < -0.4 is 5.32 Å². The normalized spacial score (nSPS) is 16.3. The molecule has 0 amide bonds. The van der Waals surface area contributed by atoms with Crippen molar-refractivity contribution in [1.82, 2.24) is 20.3 Å². The first kappa shape index (κ1) is 19.2. The highest BCUT2D eigenvalue weighted by Crippen LogP contribution is 2.28. The average molecular weight is 402 g/mol. The Kier molecular flexibility index (Phi) is 6.30. The molecule has 0 saturated carbocycles. The number of nitrogens with one attached hydrogen (secondary N) is 1. The van der Waals surface area contributed by atoms with E-state index in [1.54, 1.807) is 12.3 Å². The van der Waals surface area contributed by atoms with Crippen LogP contribution in [0, 0.1) is 0 Å². The molecule has 0 radical (unpaired) electrons. The van der Waals surface area contributed by atoms with E-state index in [-0.39, 0.29) is 23.8 Å². The lowest BCUT2D eigenvalue weighted by molar-refractivity contribution is 0.0287. The number of nitrogens with zero attached hydrogens (tertiary/aromatic N) is 4. The third-order valence-electron chi connectivity index (χ3n) is 3.46. The van der Waals surface area contributed by atoms with Crippen LogP contribution in [0.2, 0.25) is 5.02 Å². The number of rotatable bonds is 8. The molecule has 1 N–H and O–H groups in total. The molecule has 1 aromatic heterocycles. The molecule has 11 heteroatoms. The van der Waals surface area contributed by atoms with Gasteiger partial charge in [0.1, 0.15) is 19.0 Å². The molecule has 0 bridgehead atoms. The standard InChI is InChI=1S/C16H15ClF3N5O2/c17-14-2-1-11(5-13(14)15(19)20)25-8-10(23-24-25)9-27-16-21-6-12(7-22-16)26-4-3-18/h1-2,5-8,15-16,21H,3-4,9H2. The SMILES string of the molecule is FCCOC1=CNC(OCc2cn(-c3ccc(Cl)c(C(F)F)c3)nn2)N=C1. The molecule has 0 spiro atoms. The maximum Gasteiger partial charge on any atom is 0.265 e. The highest BCUT2D eigenvalue weighted by molar-refractivity contribution is 6.31. The average Bonchev–Trinajstić information content (AvgIpc) is 3.14. The Hall–Kier alpha value is -2.59. The maximum absolute atomic E-state index is 12.9. The molecule has 1 atom stereocenters. The number of allylic oxidation sites excluding steroid dienone is 1. The lowest BCUT2D eigenvalue weighted by atomic mass is 10.2. The van der Waals surface area contributed by atoms with E-state index >= 15 is 0 Å². The van der Waals surface area contributed by atoms with E-state index in [1.165, 1.54) is 29.2 Å². The molecule has 0 aliphatic carbocycles. The minimum Gasteiger partial charge on any atom is -0.488 e. The van der Waals surface area contributed by atoms with Gasteiger partial charge in [0.05, 0.1) is 24.7 Å². The van der Waals surface area contributed by atoms with E-state index in [4.69, 9.17) is 21.1 Å². The zero-order valence-corrected chi connectivity index (χ0v) is 14.6. The van der Waals surface area contributed by atoms with Gasteiger partial charge in [-0.25, -0.2) is 22.8 Å². The van der Waals surface area contributed by atoms with Crippen LogP contribution in [-0.2, 0) is 16.1 Å². The summed E-state index contributed by atoms with van der Waals surface area (Å²) in [6.07, 6.45) is 1.15. The molecule has 1 aliphatic rings.